The molecule has 0 atom stereocenters. The van der Waals surface area contributed by atoms with Gasteiger partial charge in [0.2, 0.25) is 0 Å². The fourth-order valence-electron chi connectivity index (χ4n) is 1.01. The number of anilines is 1. The normalized spacial score (nSPS) is 9.77. The van der Waals surface area contributed by atoms with Crippen molar-refractivity contribution in [1.29, 1.82) is 0 Å². The van der Waals surface area contributed by atoms with Crippen molar-refractivity contribution in [3.8, 4) is 0 Å². The van der Waals surface area contributed by atoms with Crippen LogP contribution in [0.2, 0.25) is 5.02 Å². The van der Waals surface area contributed by atoms with Gasteiger partial charge in [-0.05, 0) is 18.6 Å². The number of benzene rings is 1. The van der Waals surface area contributed by atoms with E-state index in [2.05, 4.69) is 4.74 Å². The average molecular weight is 200 g/mol. The summed E-state index contributed by atoms with van der Waals surface area (Å²) in [6.07, 6.45) is 0. The van der Waals surface area contributed by atoms with E-state index in [0.717, 1.165) is 5.56 Å². The van der Waals surface area contributed by atoms with Crippen molar-refractivity contribution in [3.63, 3.8) is 0 Å². The van der Waals surface area contributed by atoms with Crippen LogP contribution < -0.4 is 5.73 Å². The standard InChI is InChI=1S/C9H10ClNO2/c1-5-3-4-6(10)7(8(5)11)9(12)13-2/h3-4H,11H2,1-2H3. The van der Waals surface area contributed by atoms with Gasteiger partial charge in [-0.25, -0.2) is 4.79 Å². The minimum Gasteiger partial charge on any atom is -0.465 e. The summed E-state index contributed by atoms with van der Waals surface area (Å²) in [6.45, 7) is 1.80. The molecule has 2 N–H and O–H groups in total. The summed E-state index contributed by atoms with van der Waals surface area (Å²) in [5.41, 5.74) is 7.10. The highest BCUT2D eigenvalue weighted by Crippen LogP contribution is 2.25. The van der Waals surface area contributed by atoms with Crippen LogP contribution in [-0.2, 0) is 4.74 Å². The Morgan fingerprint density at radius 2 is 2.15 bits per heavy atom. The molecule has 0 bridgehead atoms. The Kier molecular flexibility index (Phi) is 2.78. The third kappa shape index (κ3) is 1.75. The van der Waals surface area contributed by atoms with E-state index < -0.39 is 5.97 Å². The maximum absolute atomic E-state index is 11.2. The molecule has 0 unspecified atom stereocenters. The molecule has 0 radical (unpaired) electrons. The molecule has 1 rings (SSSR count). The Bertz CT molecular complexity index is 350. The number of ether oxygens (including phenoxy) is 1. The second kappa shape index (κ2) is 3.66. The SMILES string of the molecule is COC(=O)c1c(Cl)ccc(C)c1N. The molecule has 0 saturated carbocycles. The molecule has 70 valence electrons. The van der Waals surface area contributed by atoms with Crippen LogP contribution in [0.1, 0.15) is 15.9 Å². The van der Waals surface area contributed by atoms with Crippen molar-refractivity contribution in [1.82, 2.24) is 0 Å². The van der Waals surface area contributed by atoms with Crippen molar-refractivity contribution >= 4 is 23.3 Å². The molecule has 0 spiro atoms. The van der Waals surface area contributed by atoms with Gasteiger partial charge in [-0.1, -0.05) is 17.7 Å². The van der Waals surface area contributed by atoms with Gasteiger partial charge in [0.15, 0.2) is 0 Å². The van der Waals surface area contributed by atoms with Crippen molar-refractivity contribution in [2.24, 2.45) is 0 Å². The van der Waals surface area contributed by atoms with Gasteiger partial charge in [-0.15, -0.1) is 0 Å². The summed E-state index contributed by atoms with van der Waals surface area (Å²) < 4.78 is 4.55. The van der Waals surface area contributed by atoms with E-state index in [1.807, 2.05) is 0 Å². The third-order valence-corrected chi connectivity index (χ3v) is 2.12. The molecule has 0 saturated heterocycles. The van der Waals surface area contributed by atoms with E-state index in [9.17, 15) is 4.79 Å². The Morgan fingerprint density at radius 3 is 2.69 bits per heavy atom. The van der Waals surface area contributed by atoms with Crippen LogP contribution >= 0.6 is 11.6 Å². The number of halogens is 1. The minimum atomic E-state index is -0.508. The van der Waals surface area contributed by atoms with Crippen molar-refractivity contribution in [2.75, 3.05) is 12.8 Å². The summed E-state index contributed by atoms with van der Waals surface area (Å²) in [5, 5.41) is 0.315. The first-order valence-electron chi connectivity index (χ1n) is 3.70. The van der Waals surface area contributed by atoms with Gasteiger partial charge in [-0.2, -0.15) is 0 Å². The summed E-state index contributed by atoms with van der Waals surface area (Å²) >= 11 is 5.79. The largest absolute Gasteiger partial charge is 0.465 e. The molecule has 4 heteroatoms. The maximum Gasteiger partial charge on any atom is 0.341 e. The molecule has 0 fully saturated rings. The molecule has 13 heavy (non-hydrogen) atoms. The smallest absolute Gasteiger partial charge is 0.341 e. The van der Waals surface area contributed by atoms with E-state index in [4.69, 9.17) is 17.3 Å². The number of aryl methyl sites for hydroxylation is 1. The quantitative estimate of drug-likeness (QED) is 0.556. The molecule has 3 nitrogen and oxygen atoms in total. The molecule has 1 aromatic rings. The van der Waals surface area contributed by atoms with Crippen LogP contribution in [-0.4, -0.2) is 13.1 Å². The fourth-order valence-corrected chi connectivity index (χ4v) is 1.25. The predicted molar refractivity (Wildman–Crippen MR) is 51.9 cm³/mol. The van der Waals surface area contributed by atoms with Crippen molar-refractivity contribution in [3.05, 3.63) is 28.3 Å². The Balaban J connectivity index is 3.33. The molecular weight excluding hydrogens is 190 g/mol. The number of nitrogens with two attached hydrogens (primary N) is 1. The van der Waals surface area contributed by atoms with Gasteiger partial charge in [0, 0.05) is 0 Å². The average Bonchev–Trinajstić information content (AvgIpc) is 2.12. The molecule has 0 aliphatic heterocycles. The van der Waals surface area contributed by atoms with Crippen LogP contribution in [0.3, 0.4) is 0 Å². The first-order chi connectivity index (χ1) is 6.07. The van der Waals surface area contributed by atoms with Crippen molar-refractivity contribution in [2.45, 2.75) is 6.92 Å². The van der Waals surface area contributed by atoms with E-state index in [1.165, 1.54) is 7.11 Å². The van der Waals surface area contributed by atoms with Gasteiger partial charge in [-0.3, -0.25) is 0 Å². The van der Waals surface area contributed by atoms with Gasteiger partial charge < -0.3 is 10.5 Å². The summed E-state index contributed by atoms with van der Waals surface area (Å²) in [5.74, 6) is -0.508. The molecule has 0 aliphatic rings. The van der Waals surface area contributed by atoms with Gasteiger partial charge in [0.05, 0.1) is 17.8 Å². The summed E-state index contributed by atoms with van der Waals surface area (Å²) in [6, 6.07) is 3.38. The lowest BCUT2D eigenvalue weighted by atomic mass is 10.1. The number of esters is 1. The van der Waals surface area contributed by atoms with Gasteiger partial charge in [0.25, 0.3) is 0 Å². The van der Waals surface area contributed by atoms with Gasteiger partial charge >= 0.3 is 5.97 Å². The lowest BCUT2D eigenvalue weighted by molar-refractivity contribution is 0.0602. The number of methoxy groups -OCH3 is 1. The van der Waals surface area contributed by atoms with E-state index in [1.54, 1.807) is 19.1 Å². The lowest BCUT2D eigenvalue weighted by Gasteiger charge is -2.07. The van der Waals surface area contributed by atoms with Crippen LogP contribution in [0.4, 0.5) is 5.69 Å². The van der Waals surface area contributed by atoms with Gasteiger partial charge in [0.1, 0.15) is 5.56 Å². The highest BCUT2D eigenvalue weighted by molar-refractivity contribution is 6.34. The highest BCUT2D eigenvalue weighted by Gasteiger charge is 2.15. The fraction of sp³-hybridized carbons (Fsp3) is 0.222. The Hall–Kier alpha value is -1.22. The zero-order valence-corrected chi connectivity index (χ0v) is 8.18. The van der Waals surface area contributed by atoms with Crippen LogP contribution in [0.15, 0.2) is 12.1 Å². The lowest BCUT2D eigenvalue weighted by Crippen LogP contribution is -2.07. The Morgan fingerprint density at radius 1 is 1.54 bits per heavy atom. The van der Waals surface area contributed by atoms with Crippen molar-refractivity contribution < 1.29 is 9.53 Å². The Labute approximate surface area is 81.4 Å². The monoisotopic (exact) mass is 199 g/mol. The number of rotatable bonds is 1. The molecule has 0 aliphatic carbocycles. The number of hydrogen-bond donors (Lipinski definition) is 1. The zero-order chi connectivity index (χ0) is 10.0. The highest BCUT2D eigenvalue weighted by atomic mass is 35.5. The second-order valence-electron chi connectivity index (χ2n) is 2.64. The number of carbonyl (C=O) groups excluding carboxylic acids is 1. The molecular formula is C9H10ClNO2. The third-order valence-electron chi connectivity index (χ3n) is 1.80. The number of carbonyl (C=O) groups is 1. The first-order valence-corrected chi connectivity index (χ1v) is 4.08. The zero-order valence-electron chi connectivity index (χ0n) is 7.43. The molecule has 0 heterocycles. The second-order valence-corrected chi connectivity index (χ2v) is 3.05. The molecule has 0 amide bonds. The maximum atomic E-state index is 11.2. The number of nitrogen functional groups attached to an aromatic ring is 1. The molecule has 0 aromatic heterocycles. The molecule has 1 aromatic carbocycles. The first kappa shape index (κ1) is 9.86. The predicted octanol–water partition coefficient (Wildman–Crippen LogP) is 2.02. The number of hydrogen-bond acceptors (Lipinski definition) is 3. The topological polar surface area (TPSA) is 52.3 Å². The van der Waals surface area contributed by atoms with Crippen LogP contribution in [0, 0.1) is 6.92 Å². The summed E-state index contributed by atoms with van der Waals surface area (Å²) in [7, 11) is 1.29. The minimum absolute atomic E-state index is 0.240. The van der Waals surface area contributed by atoms with Crippen LogP contribution in [0.25, 0.3) is 0 Å². The summed E-state index contributed by atoms with van der Waals surface area (Å²) in [4.78, 5) is 11.2. The van der Waals surface area contributed by atoms with E-state index >= 15 is 0 Å². The van der Waals surface area contributed by atoms with E-state index in [-0.39, 0.29) is 5.56 Å². The van der Waals surface area contributed by atoms with Crippen LogP contribution in [0.5, 0.6) is 0 Å². The van der Waals surface area contributed by atoms with E-state index in [0.29, 0.717) is 10.7 Å².